The van der Waals surface area contributed by atoms with Crippen LogP contribution in [-0.2, 0) is 0 Å². The fraction of sp³-hybridized carbons (Fsp3) is 0.700. The van der Waals surface area contributed by atoms with Gasteiger partial charge in [-0.15, -0.1) is 0 Å². The molecule has 11 heavy (non-hydrogen) atoms. The Balaban J connectivity index is 4.48. The lowest BCUT2D eigenvalue weighted by Crippen LogP contribution is -2.16. The van der Waals surface area contributed by atoms with E-state index in [0.717, 1.165) is 5.70 Å². The maximum atomic E-state index is 4.44. The number of rotatable bonds is 1. The lowest BCUT2D eigenvalue weighted by atomic mass is 9.91. The molecule has 1 heteroatoms. The molecule has 0 aromatic heterocycles. The van der Waals surface area contributed by atoms with E-state index in [1.54, 1.807) is 0 Å². The van der Waals surface area contributed by atoms with E-state index in [1.807, 2.05) is 19.9 Å². The molecule has 64 valence electrons. The zero-order valence-corrected chi connectivity index (χ0v) is 8.52. The first kappa shape index (κ1) is 10.4. The van der Waals surface area contributed by atoms with Gasteiger partial charge in [0.25, 0.3) is 0 Å². The number of hydrogen-bond acceptors (Lipinski definition) is 1. The van der Waals surface area contributed by atoms with Crippen molar-refractivity contribution in [2.24, 2.45) is 10.4 Å². The molecule has 0 bridgehead atoms. The van der Waals surface area contributed by atoms with Crippen molar-refractivity contribution in [3.8, 4) is 0 Å². The molecule has 0 amide bonds. The smallest absolute Gasteiger partial charge is 0.0329 e. The average molecular weight is 153 g/mol. The number of aliphatic imine (C=N–C) groups is 1. The Morgan fingerprint density at radius 3 is 1.91 bits per heavy atom. The van der Waals surface area contributed by atoms with Gasteiger partial charge in [0.15, 0.2) is 0 Å². The molecule has 0 saturated heterocycles. The van der Waals surface area contributed by atoms with Gasteiger partial charge in [0.1, 0.15) is 0 Å². The number of nitrogens with zero attached hydrogens (tertiary/aromatic N) is 1. The van der Waals surface area contributed by atoms with Gasteiger partial charge in [0.2, 0.25) is 0 Å². The molecule has 0 aliphatic carbocycles. The Bertz CT molecular complexity index is 180. The van der Waals surface area contributed by atoms with Crippen molar-refractivity contribution >= 4 is 5.71 Å². The van der Waals surface area contributed by atoms with Crippen molar-refractivity contribution in [1.82, 2.24) is 0 Å². The van der Waals surface area contributed by atoms with E-state index in [9.17, 15) is 0 Å². The molecule has 0 aliphatic rings. The molecule has 0 rings (SSSR count). The monoisotopic (exact) mass is 153 g/mol. The summed E-state index contributed by atoms with van der Waals surface area (Å²) >= 11 is 0. The molecule has 0 N–H and O–H groups in total. The third kappa shape index (κ3) is 3.97. The molecule has 0 unspecified atom stereocenters. The van der Waals surface area contributed by atoms with Gasteiger partial charge in [-0.25, -0.2) is 0 Å². The van der Waals surface area contributed by atoms with Gasteiger partial charge >= 0.3 is 0 Å². The van der Waals surface area contributed by atoms with Crippen molar-refractivity contribution < 1.29 is 0 Å². The van der Waals surface area contributed by atoms with Crippen molar-refractivity contribution in [3.05, 3.63) is 11.8 Å². The quantitative estimate of drug-likeness (QED) is 0.512. The third-order valence-electron chi connectivity index (χ3n) is 1.85. The molecule has 0 atom stereocenters. The SMILES string of the molecule is C/C=C(/C)N=C(C)C(C)(C)C. The highest BCUT2D eigenvalue weighted by atomic mass is 14.8. The predicted octanol–water partition coefficient (Wildman–Crippen LogP) is 3.42. The molecule has 0 aliphatic heterocycles. The van der Waals surface area contributed by atoms with E-state index in [2.05, 4.69) is 32.7 Å². The van der Waals surface area contributed by atoms with Crippen LogP contribution in [0.15, 0.2) is 16.8 Å². The first-order chi connectivity index (χ1) is 4.88. The molecule has 0 aromatic carbocycles. The lowest BCUT2D eigenvalue weighted by Gasteiger charge is -2.17. The Morgan fingerprint density at radius 2 is 1.64 bits per heavy atom. The lowest BCUT2D eigenvalue weighted by molar-refractivity contribution is 0.587. The maximum Gasteiger partial charge on any atom is 0.0329 e. The van der Waals surface area contributed by atoms with E-state index >= 15 is 0 Å². The van der Waals surface area contributed by atoms with Crippen LogP contribution in [0.4, 0.5) is 0 Å². The summed E-state index contributed by atoms with van der Waals surface area (Å²) in [7, 11) is 0. The molecule has 1 nitrogen and oxygen atoms in total. The molecule has 0 heterocycles. The standard InChI is InChI=1S/C10H19N/c1-7-8(2)11-9(3)10(4,5)6/h7H,1-6H3/b8-7-,11-9?. The maximum absolute atomic E-state index is 4.44. The highest BCUT2D eigenvalue weighted by Gasteiger charge is 2.13. The van der Waals surface area contributed by atoms with E-state index in [-0.39, 0.29) is 5.41 Å². The summed E-state index contributed by atoms with van der Waals surface area (Å²) in [6, 6.07) is 0. The topological polar surface area (TPSA) is 12.4 Å². The minimum Gasteiger partial charge on any atom is -0.263 e. The van der Waals surface area contributed by atoms with Crippen LogP contribution >= 0.6 is 0 Å². The van der Waals surface area contributed by atoms with Crippen LogP contribution in [0.5, 0.6) is 0 Å². The van der Waals surface area contributed by atoms with Gasteiger partial charge in [-0.05, 0) is 26.2 Å². The number of allylic oxidation sites excluding steroid dienone is 2. The van der Waals surface area contributed by atoms with Crippen molar-refractivity contribution in [1.29, 1.82) is 0 Å². The van der Waals surface area contributed by atoms with Crippen LogP contribution in [0, 0.1) is 5.41 Å². The minimum absolute atomic E-state index is 0.199. The largest absolute Gasteiger partial charge is 0.263 e. The van der Waals surface area contributed by atoms with Crippen LogP contribution in [0.1, 0.15) is 41.5 Å². The van der Waals surface area contributed by atoms with Crippen molar-refractivity contribution in [3.63, 3.8) is 0 Å². The van der Waals surface area contributed by atoms with E-state index in [0.29, 0.717) is 0 Å². The highest BCUT2D eigenvalue weighted by Crippen LogP contribution is 2.16. The summed E-state index contributed by atoms with van der Waals surface area (Å²) < 4.78 is 0. The second-order valence-corrected chi connectivity index (χ2v) is 3.88. The average Bonchev–Trinajstić information content (AvgIpc) is 1.85. The summed E-state index contributed by atoms with van der Waals surface area (Å²) in [6.45, 7) is 12.6. The fourth-order valence-electron chi connectivity index (χ4n) is 0.497. The predicted molar refractivity (Wildman–Crippen MR) is 52.0 cm³/mol. The van der Waals surface area contributed by atoms with E-state index in [1.165, 1.54) is 5.71 Å². The Morgan fingerprint density at radius 1 is 1.18 bits per heavy atom. The summed E-state index contributed by atoms with van der Waals surface area (Å²) in [6.07, 6.45) is 2.02. The molecular formula is C10H19N. The first-order valence-electron chi connectivity index (χ1n) is 4.06. The van der Waals surface area contributed by atoms with Crippen molar-refractivity contribution in [2.75, 3.05) is 0 Å². The first-order valence-corrected chi connectivity index (χ1v) is 4.06. The Hall–Kier alpha value is -0.590. The molecule has 0 fully saturated rings. The zero-order valence-electron chi connectivity index (χ0n) is 8.52. The third-order valence-corrected chi connectivity index (χ3v) is 1.85. The summed E-state index contributed by atoms with van der Waals surface area (Å²) in [5, 5.41) is 0. The Labute approximate surface area is 70.2 Å². The summed E-state index contributed by atoms with van der Waals surface area (Å²) in [5.74, 6) is 0. The summed E-state index contributed by atoms with van der Waals surface area (Å²) in [4.78, 5) is 4.44. The van der Waals surface area contributed by atoms with Crippen LogP contribution in [0.2, 0.25) is 0 Å². The summed E-state index contributed by atoms with van der Waals surface area (Å²) in [5.41, 5.74) is 2.48. The van der Waals surface area contributed by atoms with E-state index in [4.69, 9.17) is 0 Å². The van der Waals surface area contributed by atoms with Crippen LogP contribution < -0.4 is 0 Å². The minimum atomic E-state index is 0.199. The van der Waals surface area contributed by atoms with Gasteiger partial charge in [-0.1, -0.05) is 26.8 Å². The second-order valence-electron chi connectivity index (χ2n) is 3.88. The highest BCUT2D eigenvalue weighted by molar-refractivity contribution is 5.87. The normalized spacial score (nSPS) is 15.5. The van der Waals surface area contributed by atoms with E-state index < -0.39 is 0 Å². The molecule has 0 saturated carbocycles. The van der Waals surface area contributed by atoms with Gasteiger partial charge < -0.3 is 0 Å². The second kappa shape index (κ2) is 3.70. The molecule has 0 radical (unpaired) electrons. The molecule has 0 spiro atoms. The van der Waals surface area contributed by atoms with Crippen LogP contribution in [-0.4, -0.2) is 5.71 Å². The van der Waals surface area contributed by atoms with Crippen LogP contribution in [0.25, 0.3) is 0 Å². The Kier molecular flexibility index (Phi) is 3.50. The van der Waals surface area contributed by atoms with Gasteiger partial charge in [-0.2, -0.15) is 0 Å². The molecular weight excluding hydrogens is 134 g/mol. The van der Waals surface area contributed by atoms with Gasteiger partial charge in [0, 0.05) is 11.4 Å². The fourth-order valence-corrected chi connectivity index (χ4v) is 0.497. The van der Waals surface area contributed by atoms with Crippen LogP contribution in [0.3, 0.4) is 0 Å². The van der Waals surface area contributed by atoms with Gasteiger partial charge in [0.05, 0.1) is 0 Å². The van der Waals surface area contributed by atoms with Gasteiger partial charge in [-0.3, -0.25) is 4.99 Å². The van der Waals surface area contributed by atoms with Crippen molar-refractivity contribution in [2.45, 2.75) is 41.5 Å². The number of hydrogen-bond donors (Lipinski definition) is 0. The molecule has 0 aromatic rings. The zero-order chi connectivity index (χ0) is 9.07.